The highest BCUT2D eigenvalue weighted by molar-refractivity contribution is 5.92. The van der Waals surface area contributed by atoms with Crippen molar-refractivity contribution in [2.75, 3.05) is 19.7 Å². The van der Waals surface area contributed by atoms with Crippen molar-refractivity contribution >= 4 is 29.7 Å². The molecule has 0 aliphatic carbocycles. The van der Waals surface area contributed by atoms with Gasteiger partial charge in [-0.3, -0.25) is 19.4 Å². The number of aliphatic imine (C=N–C) groups is 1. The molecule has 0 bridgehead atoms. The first kappa shape index (κ1) is 26.3. The summed E-state index contributed by atoms with van der Waals surface area (Å²) in [7, 11) is 0. The normalized spacial score (nSPS) is 13.3. The van der Waals surface area contributed by atoms with Crippen LogP contribution in [0.3, 0.4) is 0 Å². The number of carboxylic acid groups (broad SMARTS) is 1. The first-order valence-electron chi connectivity index (χ1n) is 9.63. The number of carbonyl (C=O) groups is 4. The third-order valence-corrected chi connectivity index (χ3v) is 4.16. The molecule has 178 valence electrons. The van der Waals surface area contributed by atoms with Crippen LogP contribution in [0, 0.1) is 0 Å². The Hall–Kier alpha value is -3.72. The summed E-state index contributed by atoms with van der Waals surface area (Å²) in [6.45, 7) is -1.03. The predicted octanol–water partition coefficient (Wildman–Crippen LogP) is -4.50. The van der Waals surface area contributed by atoms with Crippen LogP contribution in [-0.2, 0) is 25.6 Å². The molecule has 0 saturated heterocycles. The zero-order chi connectivity index (χ0) is 24.1. The molecule has 1 aromatic heterocycles. The van der Waals surface area contributed by atoms with Crippen LogP contribution in [0.1, 0.15) is 18.5 Å². The van der Waals surface area contributed by atoms with Gasteiger partial charge in [-0.05, 0) is 12.8 Å². The van der Waals surface area contributed by atoms with Gasteiger partial charge in [0, 0.05) is 24.9 Å². The van der Waals surface area contributed by atoms with Gasteiger partial charge in [0.05, 0.1) is 25.5 Å². The van der Waals surface area contributed by atoms with Gasteiger partial charge in [-0.15, -0.1) is 0 Å². The topological polar surface area (TPSA) is 264 Å². The van der Waals surface area contributed by atoms with Crippen molar-refractivity contribution in [2.45, 2.75) is 37.4 Å². The number of aliphatic hydroxyl groups excluding tert-OH is 1. The molecule has 0 fully saturated rings. The second kappa shape index (κ2) is 13.6. The van der Waals surface area contributed by atoms with E-state index in [-0.39, 0.29) is 25.3 Å². The zero-order valence-corrected chi connectivity index (χ0v) is 17.3. The molecule has 15 nitrogen and oxygen atoms in total. The Morgan fingerprint density at radius 1 is 1.16 bits per heavy atom. The van der Waals surface area contributed by atoms with Gasteiger partial charge in [-0.1, -0.05) is 0 Å². The molecule has 32 heavy (non-hydrogen) atoms. The molecule has 0 aliphatic rings. The summed E-state index contributed by atoms with van der Waals surface area (Å²) in [5.74, 6) is -3.65. The highest BCUT2D eigenvalue weighted by Gasteiger charge is 2.25. The van der Waals surface area contributed by atoms with Crippen LogP contribution in [0.5, 0.6) is 0 Å². The van der Waals surface area contributed by atoms with Gasteiger partial charge in [0.15, 0.2) is 5.96 Å². The monoisotopic (exact) mass is 455 g/mol. The lowest BCUT2D eigenvalue weighted by Gasteiger charge is -2.19. The fourth-order valence-corrected chi connectivity index (χ4v) is 2.48. The van der Waals surface area contributed by atoms with E-state index in [1.54, 1.807) is 0 Å². The molecular weight excluding hydrogens is 426 g/mol. The number of aliphatic hydroxyl groups is 1. The molecule has 0 spiro atoms. The van der Waals surface area contributed by atoms with Crippen LogP contribution >= 0.6 is 0 Å². The molecular formula is C17H29N9O6. The molecule has 0 aliphatic heterocycles. The standard InChI is InChI=1S/C17H29N9O6/c18-10(2-1-3-22-17(19)20)14(29)26-12(7-27)15(30)23-6-13(28)25-11(16(31)32)4-9-5-21-8-24-9/h5,8,10-12,27H,1-4,6-7,18H2,(H,21,24)(H,23,30)(H,25,28)(H,26,29)(H,31,32)(H4,19,20,22). The molecule has 0 radical (unpaired) electrons. The minimum Gasteiger partial charge on any atom is -0.480 e. The molecule has 1 aromatic rings. The summed E-state index contributed by atoms with van der Waals surface area (Å²) in [5, 5.41) is 25.4. The number of hydrogen-bond acceptors (Lipinski definition) is 8. The van der Waals surface area contributed by atoms with Crippen molar-refractivity contribution in [3.8, 4) is 0 Å². The SMILES string of the molecule is NC(N)=NCCCC(N)C(=O)NC(CO)C(=O)NCC(=O)NC(Cc1cnc[nH]1)C(=O)O. The van der Waals surface area contributed by atoms with E-state index in [1.807, 2.05) is 0 Å². The first-order valence-corrected chi connectivity index (χ1v) is 9.63. The van der Waals surface area contributed by atoms with Gasteiger partial charge in [0.2, 0.25) is 17.7 Å². The minimum absolute atomic E-state index is 0.0363. The largest absolute Gasteiger partial charge is 0.480 e. The van der Waals surface area contributed by atoms with Crippen LogP contribution < -0.4 is 33.2 Å². The maximum absolute atomic E-state index is 12.2. The van der Waals surface area contributed by atoms with Crippen molar-refractivity contribution in [2.24, 2.45) is 22.2 Å². The Labute approximate surface area is 183 Å². The van der Waals surface area contributed by atoms with Gasteiger partial charge >= 0.3 is 5.97 Å². The minimum atomic E-state index is -1.35. The molecule has 0 aromatic carbocycles. The number of H-pyrrole nitrogens is 1. The number of carboxylic acids is 1. The maximum Gasteiger partial charge on any atom is 0.326 e. The van der Waals surface area contributed by atoms with Gasteiger partial charge in [0.1, 0.15) is 12.1 Å². The highest BCUT2D eigenvalue weighted by Crippen LogP contribution is 1.99. The van der Waals surface area contributed by atoms with Gasteiger partial charge in [0.25, 0.3) is 0 Å². The lowest BCUT2D eigenvalue weighted by Crippen LogP contribution is -2.55. The van der Waals surface area contributed by atoms with Gasteiger partial charge in [-0.25, -0.2) is 9.78 Å². The van der Waals surface area contributed by atoms with E-state index in [1.165, 1.54) is 12.5 Å². The van der Waals surface area contributed by atoms with Crippen molar-refractivity contribution < 1.29 is 29.4 Å². The predicted molar refractivity (Wildman–Crippen MR) is 112 cm³/mol. The van der Waals surface area contributed by atoms with E-state index in [9.17, 15) is 29.4 Å². The quantitative estimate of drug-likeness (QED) is 0.0736. The number of nitrogens with zero attached hydrogens (tertiary/aromatic N) is 2. The van der Waals surface area contributed by atoms with Crippen molar-refractivity contribution in [1.82, 2.24) is 25.9 Å². The summed E-state index contributed by atoms with van der Waals surface area (Å²) in [6, 6.07) is -3.56. The molecule has 0 saturated carbocycles. The second-order valence-electron chi connectivity index (χ2n) is 6.76. The number of amides is 3. The van der Waals surface area contributed by atoms with Crippen LogP contribution in [0.25, 0.3) is 0 Å². The Balaban J connectivity index is 2.47. The molecule has 1 heterocycles. The lowest BCUT2D eigenvalue weighted by atomic mass is 10.1. The van der Waals surface area contributed by atoms with Crippen molar-refractivity contribution in [1.29, 1.82) is 0 Å². The molecule has 3 atom stereocenters. The van der Waals surface area contributed by atoms with Crippen molar-refractivity contribution in [3.63, 3.8) is 0 Å². The van der Waals surface area contributed by atoms with E-state index in [4.69, 9.17) is 17.2 Å². The summed E-state index contributed by atoms with van der Waals surface area (Å²) in [6.07, 6.45) is 3.41. The van der Waals surface area contributed by atoms with E-state index >= 15 is 0 Å². The fourth-order valence-electron chi connectivity index (χ4n) is 2.48. The average Bonchev–Trinajstić information content (AvgIpc) is 3.25. The maximum atomic E-state index is 12.2. The van der Waals surface area contributed by atoms with Crippen LogP contribution in [0.4, 0.5) is 0 Å². The van der Waals surface area contributed by atoms with E-state index in [0.717, 1.165) is 0 Å². The van der Waals surface area contributed by atoms with E-state index in [0.29, 0.717) is 12.1 Å². The third-order valence-electron chi connectivity index (χ3n) is 4.16. The molecule has 3 unspecified atom stereocenters. The number of guanidine groups is 1. The van der Waals surface area contributed by atoms with Gasteiger partial charge in [-0.2, -0.15) is 0 Å². The third kappa shape index (κ3) is 9.86. The number of carbonyl (C=O) groups excluding carboxylic acids is 3. The number of aliphatic carboxylic acids is 1. The Kier molecular flexibility index (Phi) is 11.1. The number of aromatic nitrogens is 2. The van der Waals surface area contributed by atoms with Crippen LogP contribution in [-0.4, -0.2) is 87.7 Å². The summed E-state index contributed by atoms with van der Waals surface area (Å²) < 4.78 is 0. The Morgan fingerprint density at radius 3 is 2.44 bits per heavy atom. The molecule has 15 heteroatoms. The zero-order valence-electron chi connectivity index (χ0n) is 17.3. The highest BCUT2D eigenvalue weighted by atomic mass is 16.4. The van der Waals surface area contributed by atoms with Gasteiger partial charge < -0.3 is 48.3 Å². The van der Waals surface area contributed by atoms with E-state index < -0.39 is 55.0 Å². The average molecular weight is 455 g/mol. The molecule has 12 N–H and O–H groups in total. The van der Waals surface area contributed by atoms with Crippen LogP contribution in [0.15, 0.2) is 17.5 Å². The van der Waals surface area contributed by atoms with Crippen molar-refractivity contribution in [3.05, 3.63) is 18.2 Å². The van der Waals surface area contributed by atoms with E-state index in [2.05, 4.69) is 30.9 Å². The summed E-state index contributed by atoms with van der Waals surface area (Å²) >= 11 is 0. The summed E-state index contributed by atoms with van der Waals surface area (Å²) in [5.41, 5.74) is 16.6. The first-order chi connectivity index (χ1) is 15.1. The fraction of sp³-hybridized carbons (Fsp3) is 0.529. The number of nitrogens with one attached hydrogen (secondary N) is 4. The Bertz CT molecular complexity index is 794. The number of rotatable bonds is 14. The Morgan fingerprint density at radius 2 is 1.88 bits per heavy atom. The smallest absolute Gasteiger partial charge is 0.326 e. The van der Waals surface area contributed by atoms with Crippen LogP contribution in [0.2, 0.25) is 0 Å². The molecule has 1 rings (SSSR count). The lowest BCUT2D eigenvalue weighted by molar-refractivity contribution is -0.141. The number of aromatic amines is 1. The number of hydrogen-bond donors (Lipinski definition) is 9. The number of nitrogens with two attached hydrogens (primary N) is 3. The number of imidazole rings is 1. The summed E-state index contributed by atoms with van der Waals surface area (Å²) in [4.78, 5) is 57.8. The second-order valence-corrected chi connectivity index (χ2v) is 6.76. The molecule has 3 amide bonds.